The van der Waals surface area contributed by atoms with Gasteiger partial charge in [-0.25, -0.2) is 0 Å². The molecule has 0 atom stereocenters. The van der Waals surface area contributed by atoms with Gasteiger partial charge in [-0.1, -0.05) is 48.5 Å². The molecule has 5 heteroatoms. The second-order valence-electron chi connectivity index (χ2n) is 7.80. The normalized spacial score (nSPS) is 13.8. The van der Waals surface area contributed by atoms with Crippen molar-refractivity contribution in [3.8, 4) is 0 Å². The van der Waals surface area contributed by atoms with E-state index in [0.717, 1.165) is 30.8 Å². The lowest BCUT2D eigenvalue weighted by Crippen LogP contribution is -2.48. The van der Waals surface area contributed by atoms with Crippen LogP contribution < -0.4 is 10.2 Å². The summed E-state index contributed by atoms with van der Waals surface area (Å²) in [6.07, 6.45) is 0.828. The molecule has 1 amide bonds. The molecule has 3 aromatic rings. The molecule has 4 rings (SSSR count). The summed E-state index contributed by atoms with van der Waals surface area (Å²) in [5.74, 6) is 0.105. The van der Waals surface area contributed by atoms with Gasteiger partial charge in [-0.05, 0) is 47.9 Å². The van der Waals surface area contributed by atoms with E-state index < -0.39 is 0 Å². The number of hydrogen-bond acceptors (Lipinski definition) is 4. The van der Waals surface area contributed by atoms with Crippen molar-refractivity contribution in [3.05, 3.63) is 95.6 Å². The largest absolute Gasteiger partial charge is 0.395 e. The third-order valence-corrected chi connectivity index (χ3v) is 5.71. The average Bonchev–Trinajstić information content (AvgIpc) is 2.84. The zero-order chi connectivity index (χ0) is 21.5. The predicted molar refractivity (Wildman–Crippen MR) is 126 cm³/mol. The molecule has 1 fully saturated rings. The molecule has 1 aliphatic heterocycles. The third kappa shape index (κ3) is 5.25. The van der Waals surface area contributed by atoms with E-state index in [-0.39, 0.29) is 12.5 Å². The van der Waals surface area contributed by atoms with E-state index >= 15 is 0 Å². The SMILES string of the molecule is O=C(c1ccccc1)N1CCN(c2ccc(NCCO)c(Cc3ccccc3)c2)CC1. The van der Waals surface area contributed by atoms with Crippen LogP contribution in [0.25, 0.3) is 0 Å². The van der Waals surface area contributed by atoms with E-state index in [4.69, 9.17) is 0 Å². The Balaban J connectivity index is 1.47. The number of benzene rings is 3. The van der Waals surface area contributed by atoms with Gasteiger partial charge in [0.1, 0.15) is 0 Å². The zero-order valence-electron chi connectivity index (χ0n) is 17.7. The first-order valence-corrected chi connectivity index (χ1v) is 10.9. The number of rotatable bonds is 7. The molecule has 0 spiro atoms. The Hall–Kier alpha value is -3.31. The summed E-state index contributed by atoms with van der Waals surface area (Å²) < 4.78 is 0. The van der Waals surface area contributed by atoms with Crippen LogP contribution in [0.4, 0.5) is 11.4 Å². The maximum absolute atomic E-state index is 12.7. The van der Waals surface area contributed by atoms with Crippen LogP contribution >= 0.6 is 0 Å². The van der Waals surface area contributed by atoms with Crippen LogP contribution in [0.1, 0.15) is 21.5 Å². The van der Waals surface area contributed by atoms with Crippen molar-refractivity contribution < 1.29 is 9.90 Å². The van der Waals surface area contributed by atoms with E-state index in [9.17, 15) is 9.90 Å². The van der Waals surface area contributed by atoms with Crippen LogP contribution in [0.3, 0.4) is 0 Å². The Kier molecular flexibility index (Phi) is 6.85. The molecular weight excluding hydrogens is 386 g/mol. The highest BCUT2D eigenvalue weighted by Crippen LogP contribution is 2.27. The third-order valence-electron chi connectivity index (χ3n) is 5.71. The fourth-order valence-corrected chi connectivity index (χ4v) is 4.03. The van der Waals surface area contributed by atoms with Crippen LogP contribution in [0, 0.1) is 0 Å². The minimum atomic E-state index is 0.101. The van der Waals surface area contributed by atoms with Gasteiger partial charge in [0.2, 0.25) is 0 Å². The van der Waals surface area contributed by atoms with E-state index in [1.807, 2.05) is 41.3 Å². The van der Waals surface area contributed by atoms with Gasteiger partial charge in [-0.15, -0.1) is 0 Å². The standard InChI is InChI=1S/C26H29N3O2/c30-18-13-27-25-12-11-24(20-23(25)19-21-7-3-1-4-8-21)28-14-16-29(17-15-28)26(31)22-9-5-2-6-10-22/h1-12,20,27,30H,13-19H2. The minimum Gasteiger partial charge on any atom is -0.395 e. The molecule has 1 heterocycles. The number of anilines is 2. The van der Waals surface area contributed by atoms with Crippen molar-refractivity contribution >= 4 is 17.3 Å². The van der Waals surface area contributed by atoms with Crippen LogP contribution in [0.2, 0.25) is 0 Å². The second-order valence-corrected chi connectivity index (χ2v) is 7.80. The first-order valence-electron chi connectivity index (χ1n) is 10.9. The lowest BCUT2D eigenvalue weighted by molar-refractivity contribution is 0.0747. The van der Waals surface area contributed by atoms with E-state index in [1.54, 1.807) is 0 Å². The van der Waals surface area contributed by atoms with Gasteiger partial charge in [0.25, 0.3) is 5.91 Å². The van der Waals surface area contributed by atoms with Crippen molar-refractivity contribution in [2.45, 2.75) is 6.42 Å². The Morgan fingerprint density at radius 2 is 1.55 bits per heavy atom. The molecule has 0 saturated carbocycles. The summed E-state index contributed by atoms with van der Waals surface area (Å²) in [4.78, 5) is 17.0. The lowest BCUT2D eigenvalue weighted by Gasteiger charge is -2.36. The van der Waals surface area contributed by atoms with Crippen LogP contribution in [-0.2, 0) is 6.42 Å². The fraction of sp³-hybridized carbons (Fsp3) is 0.269. The molecule has 0 aliphatic carbocycles. The average molecular weight is 416 g/mol. The molecule has 0 radical (unpaired) electrons. The molecular formula is C26H29N3O2. The van der Waals surface area contributed by atoms with E-state index in [0.29, 0.717) is 19.6 Å². The highest BCUT2D eigenvalue weighted by Gasteiger charge is 2.22. The number of aliphatic hydroxyl groups is 1. The molecule has 0 aromatic heterocycles. The molecule has 2 N–H and O–H groups in total. The Morgan fingerprint density at radius 3 is 2.23 bits per heavy atom. The van der Waals surface area contributed by atoms with E-state index in [2.05, 4.69) is 52.7 Å². The molecule has 3 aromatic carbocycles. The van der Waals surface area contributed by atoms with Gasteiger partial charge in [-0.3, -0.25) is 4.79 Å². The Labute approximate surface area is 183 Å². The van der Waals surface area contributed by atoms with Crippen molar-refractivity contribution in [1.82, 2.24) is 4.90 Å². The summed E-state index contributed by atoms with van der Waals surface area (Å²) >= 11 is 0. The van der Waals surface area contributed by atoms with Crippen molar-refractivity contribution in [1.29, 1.82) is 0 Å². The lowest BCUT2D eigenvalue weighted by atomic mass is 10.0. The monoisotopic (exact) mass is 415 g/mol. The summed E-state index contributed by atoms with van der Waals surface area (Å²) in [5.41, 5.74) is 5.44. The van der Waals surface area contributed by atoms with Gasteiger partial charge in [0.15, 0.2) is 0 Å². The second kappa shape index (κ2) is 10.1. The summed E-state index contributed by atoms with van der Waals surface area (Å²) in [6.45, 7) is 3.68. The molecule has 0 unspecified atom stereocenters. The molecule has 0 bridgehead atoms. The molecule has 5 nitrogen and oxygen atoms in total. The van der Waals surface area contributed by atoms with Crippen molar-refractivity contribution in [2.75, 3.05) is 49.5 Å². The number of amides is 1. The number of piperazine rings is 1. The number of carbonyl (C=O) groups is 1. The predicted octanol–water partition coefficient (Wildman–Crippen LogP) is 3.64. The number of nitrogens with zero attached hydrogens (tertiary/aromatic N) is 2. The van der Waals surface area contributed by atoms with Crippen molar-refractivity contribution in [2.24, 2.45) is 0 Å². The molecule has 1 aliphatic rings. The first kappa shape index (κ1) is 20.9. The maximum Gasteiger partial charge on any atom is 0.253 e. The van der Waals surface area contributed by atoms with Gasteiger partial charge < -0.3 is 20.2 Å². The topological polar surface area (TPSA) is 55.8 Å². The Bertz CT molecular complexity index is 984. The highest BCUT2D eigenvalue weighted by molar-refractivity contribution is 5.94. The smallest absolute Gasteiger partial charge is 0.253 e. The van der Waals surface area contributed by atoms with Gasteiger partial charge >= 0.3 is 0 Å². The quantitative estimate of drug-likeness (QED) is 0.619. The highest BCUT2D eigenvalue weighted by atomic mass is 16.3. The Morgan fingerprint density at radius 1 is 0.871 bits per heavy atom. The fourth-order valence-electron chi connectivity index (χ4n) is 4.03. The summed E-state index contributed by atoms with van der Waals surface area (Å²) in [6, 6.07) is 26.4. The zero-order valence-corrected chi connectivity index (χ0v) is 17.7. The van der Waals surface area contributed by atoms with Crippen LogP contribution in [0.15, 0.2) is 78.9 Å². The number of nitrogens with one attached hydrogen (secondary N) is 1. The van der Waals surface area contributed by atoms with Gasteiger partial charge in [-0.2, -0.15) is 0 Å². The summed E-state index contributed by atoms with van der Waals surface area (Å²) in [7, 11) is 0. The van der Waals surface area contributed by atoms with Gasteiger partial charge in [0, 0.05) is 49.7 Å². The minimum absolute atomic E-state index is 0.101. The first-order chi connectivity index (χ1) is 15.2. The van der Waals surface area contributed by atoms with Crippen molar-refractivity contribution in [3.63, 3.8) is 0 Å². The molecule has 31 heavy (non-hydrogen) atoms. The van der Waals surface area contributed by atoms with E-state index in [1.165, 1.54) is 16.8 Å². The number of hydrogen-bond donors (Lipinski definition) is 2. The van der Waals surface area contributed by atoms with Crippen LogP contribution in [-0.4, -0.2) is 55.2 Å². The van der Waals surface area contributed by atoms with Crippen LogP contribution in [0.5, 0.6) is 0 Å². The molecule has 1 saturated heterocycles. The number of aliphatic hydroxyl groups excluding tert-OH is 1. The maximum atomic E-state index is 12.7. The number of carbonyl (C=O) groups excluding carboxylic acids is 1. The van der Waals surface area contributed by atoms with Gasteiger partial charge in [0.05, 0.1) is 6.61 Å². The summed E-state index contributed by atoms with van der Waals surface area (Å²) in [5, 5.41) is 12.5. The molecule has 160 valence electrons.